The summed E-state index contributed by atoms with van der Waals surface area (Å²) in [5, 5.41) is 3.38. The summed E-state index contributed by atoms with van der Waals surface area (Å²) in [4.78, 5) is 11.8. The summed E-state index contributed by atoms with van der Waals surface area (Å²) in [6.45, 7) is 7.97. The van der Waals surface area contributed by atoms with Gasteiger partial charge in [-0.15, -0.1) is 0 Å². The van der Waals surface area contributed by atoms with Crippen molar-refractivity contribution in [2.75, 3.05) is 13.1 Å². The van der Waals surface area contributed by atoms with Gasteiger partial charge in [-0.3, -0.25) is 4.79 Å². The van der Waals surface area contributed by atoms with Crippen LogP contribution in [0.15, 0.2) is 0 Å². The molecule has 1 saturated heterocycles. The van der Waals surface area contributed by atoms with Crippen LogP contribution in [0.5, 0.6) is 0 Å². The molecule has 0 bridgehead atoms. The lowest BCUT2D eigenvalue weighted by molar-refractivity contribution is -0.159. The molecule has 0 amide bonds. The average Bonchev–Trinajstić information content (AvgIpc) is 2.56. The molecule has 1 aliphatic heterocycles. The Labute approximate surface area is 91.6 Å². The van der Waals surface area contributed by atoms with Gasteiger partial charge in [-0.05, 0) is 58.5 Å². The third-order valence-electron chi connectivity index (χ3n) is 3.39. The van der Waals surface area contributed by atoms with Gasteiger partial charge in [0.2, 0.25) is 0 Å². The Morgan fingerprint density at radius 2 is 1.73 bits per heavy atom. The second-order valence-electron chi connectivity index (χ2n) is 5.88. The maximum absolute atomic E-state index is 11.8. The minimum Gasteiger partial charge on any atom is -0.460 e. The molecule has 0 aromatic rings. The van der Waals surface area contributed by atoms with Crippen LogP contribution in [0.2, 0.25) is 0 Å². The van der Waals surface area contributed by atoms with E-state index in [1.807, 2.05) is 20.8 Å². The Morgan fingerprint density at radius 3 is 2.20 bits per heavy atom. The van der Waals surface area contributed by atoms with E-state index in [2.05, 4.69) is 5.32 Å². The summed E-state index contributed by atoms with van der Waals surface area (Å²) in [5.41, 5.74) is -0.340. The lowest BCUT2D eigenvalue weighted by Crippen LogP contribution is -2.28. The van der Waals surface area contributed by atoms with Crippen LogP contribution < -0.4 is 5.32 Å². The van der Waals surface area contributed by atoms with E-state index in [0.717, 1.165) is 25.9 Å². The van der Waals surface area contributed by atoms with Gasteiger partial charge >= 0.3 is 5.97 Å². The zero-order valence-electron chi connectivity index (χ0n) is 9.88. The molecule has 86 valence electrons. The van der Waals surface area contributed by atoms with Gasteiger partial charge in [0.1, 0.15) is 5.60 Å². The number of esters is 1. The van der Waals surface area contributed by atoms with E-state index in [0.29, 0.717) is 11.8 Å². The van der Waals surface area contributed by atoms with Crippen molar-refractivity contribution < 1.29 is 9.53 Å². The monoisotopic (exact) mass is 211 g/mol. The standard InChI is InChI=1S/C12H21NO2/c1-12(2,3)15-11(14)8-4-9-6-13-7-10(9)5-8/h8-10,13H,4-7H2,1-3H3/t8?,9-,10+. The van der Waals surface area contributed by atoms with Gasteiger partial charge in [0.05, 0.1) is 5.92 Å². The molecule has 3 nitrogen and oxygen atoms in total. The van der Waals surface area contributed by atoms with Crippen molar-refractivity contribution in [2.45, 2.75) is 39.2 Å². The maximum atomic E-state index is 11.8. The molecule has 1 heterocycles. The number of ether oxygens (including phenoxy) is 1. The third-order valence-corrected chi connectivity index (χ3v) is 3.39. The SMILES string of the molecule is CC(C)(C)OC(=O)C1C[C@H]2CNC[C@H]2C1. The summed E-state index contributed by atoms with van der Waals surface area (Å²) in [6, 6.07) is 0. The number of rotatable bonds is 1. The van der Waals surface area contributed by atoms with Crippen LogP contribution in [0.25, 0.3) is 0 Å². The van der Waals surface area contributed by atoms with Crippen LogP contribution in [0.4, 0.5) is 0 Å². The van der Waals surface area contributed by atoms with E-state index >= 15 is 0 Å². The van der Waals surface area contributed by atoms with E-state index in [9.17, 15) is 4.79 Å². The third kappa shape index (κ3) is 2.51. The summed E-state index contributed by atoms with van der Waals surface area (Å²) in [5.74, 6) is 1.59. The highest BCUT2D eigenvalue weighted by molar-refractivity contribution is 5.73. The molecule has 3 atom stereocenters. The predicted molar refractivity (Wildman–Crippen MR) is 58.4 cm³/mol. The number of nitrogens with one attached hydrogen (secondary N) is 1. The number of hydrogen-bond acceptors (Lipinski definition) is 3. The summed E-state index contributed by atoms with van der Waals surface area (Å²) >= 11 is 0. The van der Waals surface area contributed by atoms with Crippen LogP contribution >= 0.6 is 0 Å². The van der Waals surface area contributed by atoms with E-state index in [-0.39, 0.29) is 17.5 Å². The van der Waals surface area contributed by atoms with Crippen molar-refractivity contribution in [3.63, 3.8) is 0 Å². The minimum absolute atomic E-state index is 0.0110. The van der Waals surface area contributed by atoms with Gasteiger partial charge in [0.25, 0.3) is 0 Å². The molecule has 2 fully saturated rings. The normalized spacial score (nSPS) is 35.3. The van der Waals surface area contributed by atoms with Crippen LogP contribution in [0.1, 0.15) is 33.6 Å². The summed E-state index contributed by atoms with van der Waals surface area (Å²) in [6.07, 6.45) is 2.04. The lowest BCUT2D eigenvalue weighted by atomic mass is 10.0. The van der Waals surface area contributed by atoms with Crippen LogP contribution in [-0.2, 0) is 9.53 Å². The fourth-order valence-corrected chi connectivity index (χ4v) is 2.74. The second-order valence-corrected chi connectivity index (χ2v) is 5.88. The lowest BCUT2D eigenvalue weighted by Gasteiger charge is -2.22. The zero-order chi connectivity index (χ0) is 11.1. The maximum Gasteiger partial charge on any atom is 0.309 e. The second kappa shape index (κ2) is 3.78. The molecule has 3 heteroatoms. The van der Waals surface area contributed by atoms with Crippen LogP contribution in [-0.4, -0.2) is 24.7 Å². The number of fused-ring (bicyclic) bond motifs is 1. The highest BCUT2D eigenvalue weighted by Crippen LogP contribution is 2.39. The van der Waals surface area contributed by atoms with E-state index in [4.69, 9.17) is 4.74 Å². The first-order chi connectivity index (χ1) is 6.96. The number of hydrogen-bond donors (Lipinski definition) is 1. The number of carbonyl (C=O) groups is 1. The van der Waals surface area contributed by atoms with Gasteiger partial charge in [-0.1, -0.05) is 0 Å². The fraction of sp³-hybridized carbons (Fsp3) is 0.917. The van der Waals surface area contributed by atoms with Crippen molar-refractivity contribution in [3.05, 3.63) is 0 Å². The zero-order valence-corrected chi connectivity index (χ0v) is 9.88. The molecule has 0 radical (unpaired) electrons. The predicted octanol–water partition coefficient (Wildman–Crippen LogP) is 1.57. The van der Waals surface area contributed by atoms with Gasteiger partial charge in [-0.25, -0.2) is 0 Å². The molecule has 1 N–H and O–H groups in total. The molecule has 0 aromatic carbocycles. The van der Waals surface area contributed by atoms with Gasteiger partial charge in [0, 0.05) is 0 Å². The highest BCUT2D eigenvalue weighted by atomic mass is 16.6. The molecule has 2 rings (SSSR count). The van der Waals surface area contributed by atoms with Crippen LogP contribution in [0, 0.1) is 17.8 Å². The average molecular weight is 211 g/mol. The van der Waals surface area contributed by atoms with Crippen molar-refractivity contribution in [1.29, 1.82) is 0 Å². The first-order valence-electron chi connectivity index (χ1n) is 5.89. The Balaban J connectivity index is 1.88. The molecule has 0 spiro atoms. The van der Waals surface area contributed by atoms with Crippen molar-refractivity contribution in [2.24, 2.45) is 17.8 Å². The molecule has 1 aliphatic carbocycles. The summed E-state index contributed by atoms with van der Waals surface area (Å²) in [7, 11) is 0. The quantitative estimate of drug-likeness (QED) is 0.669. The first-order valence-corrected chi connectivity index (χ1v) is 5.89. The van der Waals surface area contributed by atoms with Crippen molar-refractivity contribution in [3.8, 4) is 0 Å². The van der Waals surface area contributed by atoms with E-state index < -0.39 is 0 Å². The van der Waals surface area contributed by atoms with Gasteiger partial charge < -0.3 is 10.1 Å². The Hall–Kier alpha value is -0.570. The fourth-order valence-electron chi connectivity index (χ4n) is 2.74. The molecule has 1 unspecified atom stereocenters. The topological polar surface area (TPSA) is 38.3 Å². The smallest absolute Gasteiger partial charge is 0.309 e. The largest absolute Gasteiger partial charge is 0.460 e. The summed E-state index contributed by atoms with van der Waals surface area (Å²) < 4.78 is 5.43. The molecule has 15 heavy (non-hydrogen) atoms. The number of carbonyl (C=O) groups excluding carboxylic acids is 1. The van der Waals surface area contributed by atoms with Gasteiger partial charge in [-0.2, -0.15) is 0 Å². The minimum atomic E-state index is -0.340. The molecule has 1 saturated carbocycles. The van der Waals surface area contributed by atoms with E-state index in [1.165, 1.54) is 0 Å². The highest BCUT2D eigenvalue weighted by Gasteiger charge is 2.41. The van der Waals surface area contributed by atoms with Crippen molar-refractivity contribution in [1.82, 2.24) is 5.32 Å². The Kier molecular flexibility index (Phi) is 2.75. The Morgan fingerprint density at radius 1 is 1.20 bits per heavy atom. The molecule has 2 aliphatic rings. The Bertz CT molecular complexity index is 245. The molecular weight excluding hydrogens is 190 g/mol. The van der Waals surface area contributed by atoms with E-state index in [1.54, 1.807) is 0 Å². The van der Waals surface area contributed by atoms with Crippen LogP contribution in [0.3, 0.4) is 0 Å². The van der Waals surface area contributed by atoms with Crippen molar-refractivity contribution >= 4 is 5.97 Å². The van der Waals surface area contributed by atoms with Gasteiger partial charge in [0.15, 0.2) is 0 Å². The molecule has 0 aromatic heterocycles. The molecular formula is C12H21NO2. The first kappa shape index (κ1) is 10.9.